The molecule has 2 rings (SSSR count). The lowest BCUT2D eigenvalue weighted by molar-refractivity contribution is 0.844. The fraction of sp³-hybridized carbons (Fsp3) is 0.267. The predicted octanol–water partition coefficient (Wildman–Crippen LogP) is 2.82. The van der Waals surface area contributed by atoms with Crippen molar-refractivity contribution in [1.29, 1.82) is 5.26 Å². The van der Waals surface area contributed by atoms with Crippen LogP contribution in [0.15, 0.2) is 30.6 Å². The van der Waals surface area contributed by atoms with Gasteiger partial charge in [-0.15, -0.1) is 0 Å². The van der Waals surface area contributed by atoms with E-state index in [-0.39, 0.29) is 5.92 Å². The number of benzene rings is 1. The first kappa shape index (κ1) is 13.8. The molecule has 20 heavy (non-hydrogen) atoms. The van der Waals surface area contributed by atoms with Gasteiger partial charge in [0.1, 0.15) is 18.0 Å². The van der Waals surface area contributed by atoms with E-state index in [9.17, 15) is 0 Å². The molecular formula is C15H17N5. The molecule has 1 aromatic carbocycles. The largest absolute Gasteiger partial charge is 0.383 e. The van der Waals surface area contributed by atoms with Crippen LogP contribution >= 0.6 is 0 Å². The van der Waals surface area contributed by atoms with Crippen LogP contribution in [0.4, 0.5) is 17.3 Å². The van der Waals surface area contributed by atoms with E-state index in [1.54, 1.807) is 6.07 Å². The Balaban J connectivity index is 2.51. The molecule has 0 radical (unpaired) electrons. The van der Waals surface area contributed by atoms with Crippen LogP contribution in [0.2, 0.25) is 0 Å². The third kappa shape index (κ3) is 2.54. The Morgan fingerprint density at radius 2 is 2.05 bits per heavy atom. The number of hydrogen-bond donors (Lipinski definition) is 1. The molecule has 102 valence electrons. The Kier molecular flexibility index (Phi) is 3.85. The molecule has 0 amide bonds. The summed E-state index contributed by atoms with van der Waals surface area (Å²) in [6.45, 7) is 4.11. The SMILES string of the molecule is CC(C)c1c(N)ncnc1N(C)c1cccc(C#N)c1. The molecule has 0 saturated heterocycles. The van der Waals surface area contributed by atoms with E-state index in [4.69, 9.17) is 11.0 Å². The highest BCUT2D eigenvalue weighted by molar-refractivity contribution is 5.67. The average molecular weight is 267 g/mol. The van der Waals surface area contributed by atoms with Crippen LogP contribution < -0.4 is 10.6 Å². The quantitative estimate of drug-likeness (QED) is 0.925. The van der Waals surface area contributed by atoms with Gasteiger partial charge in [-0.1, -0.05) is 19.9 Å². The lowest BCUT2D eigenvalue weighted by Crippen LogP contribution is -2.16. The zero-order chi connectivity index (χ0) is 14.7. The molecule has 0 unspecified atom stereocenters. The molecule has 5 nitrogen and oxygen atoms in total. The number of nitriles is 1. The molecule has 0 aliphatic rings. The van der Waals surface area contributed by atoms with Crippen LogP contribution in [0.1, 0.15) is 30.9 Å². The summed E-state index contributed by atoms with van der Waals surface area (Å²) in [5.74, 6) is 1.48. The predicted molar refractivity (Wildman–Crippen MR) is 79.8 cm³/mol. The van der Waals surface area contributed by atoms with Crippen LogP contribution in [0.25, 0.3) is 0 Å². The molecule has 1 heterocycles. The molecule has 0 fully saturated rings. The van der Waals surface area contributed by atoms with E-state index in [1.165, 1.54) is 6.33 Å². The Morgan fingerprint density at radius 3 is 2.70 bits per heavy atom. The molecule has 2 N–H and O–H groups in total. The summed E-state index contributed by atoms with van der Waals surface area (Å²) in [7, 11) is 1.91. The molecule has 0 atom stereocenters. The highest BCUT2D eigenvalue weighted by Gasteiger charge is 2.17. The number of rotatable bonds is 3. The minimum absolute atomic E-state index is 0.216. The zero-order valence-corrected chi connectivity index (χ0v) is 11.8. The minimum atomic E-state index is 0.216. The number of anilines is 3. The maximum atomic E-state index is 8.99. The standard InChI is InChI=1S/C15H17N5/c1-10(2)13-14(17)18-9-19-15(13)20(3)12-6-4-5-11(7-12)8-16/h4-7,9-10H,1-3H3,(H2,17,18,19). The Bertz CT molecular complexity index is 658. The van der Waals surface area contributed by atoms with Gasteiger partial charge < -0.3 is 10.6 Å². The van der Waals surface area contributed by atoms with Crippen molar-refractivity contribution in [2.24, 2.45) is 0 Å². The minimum Gasteiger partial charge on any atom is -0.383 e. The van der Waals surface area contributed by atoms with Gasteiger partial charge in [0.15, 0.2) is 0 Å². The van der Waals surface area contributed by atoms with Crippen molar-refractivity contribution < 1.29 is 0 Å². The smallest absolute Gasteiger partial charge is 0.141 e. The number of nitrogen functional groups attached to an aromatic ring is 1. The first-order valence-corrected chi connectivity index (χ1v) is 6.39. The molecule has 0 spiro atoms. The van der Waals surface area contributed by atoms with E-state index in [2.05, 4.69) is 29.9 Å². The highest BCUT2D eigenvalue weighted by Crippen LogP contribution is 2.32. The van der Waals surface area contributed by atoms with Crippen molar-refractivity contribution in [3.05, 3.63) is 41.7 Å². The number of nitrogens with zero attached hydrogens (tertiary/aromatic N) is 4. The molecule has 0 aliphatic heterocycles. The van der Waals surface area contributed by atoms with Gasteiger partial charge in [0.2, 0.25) is 0 Å². The van der Waals surface area contributed by atoms with Crippen molar-refractivity contribution in [2.45, 2.75) is 19.8 Å². The van der Waals surface area contributed by atoms with Crippen LogP contribution in [0.5, 0.6) is 0 Å². The number of hydrogen-bond acceptors (Lipinski definition) is 5. The summed E-state index contributed by atoms with van der Waals surface area (Å²) in [5.41, 5.74) is 8.38. The number of aromatic nitrogens is 2. The highest BCUT2D eigenvalue weighted by atomic mass is 15.2. The van der Waals surface area contributed by atoms with Crippen LogP contribution in [0, 0.1) is 11.3 Å². The summed E-state index contributed by atoms with van der Waals surface area (Å²) in [5, 5.41) is 8.99. The first-order valence-electron chi connectivity index (χ1n) is 6.39. The summed E-state index contributed by atoms with van der Waals surface area (Å²) >= 11 is 0. The number of nitrogens with two attached hydrogens (primary N) is 1. The molecule has 0 saturated carbocycles. The first-order chi connectivity index (χ1) is 9.54. The summed E-state index contributed by atoms with van der Waals surface area (Å²) in [6, 6.07) is 9.52. The third-order valence-corrected chi connectivity index (χ3v) is 3.15. The summed E-state index contributed by atoms with van der Waals surface area (Å²) in [4.78, 5) is 10.3. The molecule has 2 aromatic rings. The van der Waals surface area contributed by atoms with Gasteiger partial charge in [0.25, 0.3) is 0 Å². The van der Waals surface area contributed by atoms with Gasteiger partial charge in [-0.3, -0.25) is 0 Å². The second-order valence-electron chi connectivity index (χ2n) is 4.87. The fourth-order valence-corrected chi connectivity index (χ4v) is 2.13. The maximum Gasteiger partial charge on any atom is 0.141 e. The van der Waals surface area contributed by atoms with Gasteiger partial charge in [-0.25, -0.2) is 9.97 Å². The fourth-order valence-electron chi connectivity index (χ4n) is 2.13. The van der Waals surface area contributed by atoms with Crippen LogP contribution in [-0.4, -0.2) is 17.0 Å². The van der Waals surface area contributed by atoms with E-state index in [1.807, 2.05) is 30.1 Å². The topological polar surface area (TPSA) is 78.8 Å². The van der Waals surface area contributed by atoms with Gasteiger partial charge >= 0.3 is 0 Å². The Morgan fingerprint density at radius 1 is 1.30 bits per heavy atom. The monoisotopic (exact) mass is 267 g/mol. The maximum absolute atomic E-state index is 8.99. The van der Waals surface area contributed by atoms with Gasteiger partial charge in [-0.05, 0) is 24.1 Å². The summed E-state index contributed by atoms with van der Waals surface area (Å²) < 4.78 is 0. The van der Waals surface area contributed by atoms with Gasteiger partial charge in [-0.2, -0.15) is 5.26 Å². The molecule has 0 aliphatic carbocycles. The lowest BCUT2D eigenvalue weighted by atomic mass is 10.0. The second-order valence-corrected chi connectivity index (χ2v) is 4.87. The van der Waals surface area contributed by atoms with E-state index >= 15 is 0 Å². The summed E-state index contributed by atoms with van der Waals surface area (Å²) in [6.07, 6.45) is 1.46. The van der Waals surface area contributed by atoms with E-state index < -0.39 is 0 Å². The van der Waals surface area contributed by atoms with Crippen molar-refractivity contribution in [3.63, 3.8) is 0 Å². The van der Waals surface area contributed by atoms with Crippen molar-refractivity contribution in [1.82, 2.24) is 9.97 Å². The van der Waals surface area contributed by atoms with Gasteiger partial charge in [0, 0.05) is 18.3 Å². The normalized spacial score (nSPS) is 10.3. The zero-order valence-electron chi connectivity index (χ0n) is 11.8. The Labute approximate surface area is 118 Å². The van der Waals surface area contributed by atoms with Gasteiger partial charge in [0.05, 0.1) is 11.6 Å². The van der Waals surface area contributed by atoms with E-state index in [0.717, 1.165) is 17.1 Å². The third-order valence-electron chi connectivity index (χ3n) is 3.15. The molecule has 5 heteroatoms. The molecular weight excluding hydrogens is 250 g/mol. The van der Waals surface area contributed by atoms with Crippen molar-refractivity contribution >= 4 is 17.3 Å². The lowest BCUT2D eigenvalue weighted by Gasteiger charge is -2.23. The van der Waals surface area contributed by atoms with Crippen molar-refractivity contribution in [2.75, 3.05) is 17.7 Å². The van der Waals surface area contributed by atoms with Crippen molar-refractivity contribution in [3.8, 4) is 6.07 Å². The average Bonchev–Trinajstić information content (AvgIpc) is 2.45. The molecule has 0 bridgehead atoms. The molecule has 1 aromatic heterocycles. The van der Waals surface area contributed by atoms with Crippen LogP contribution in [0.3, 0.4) is 0 Å². The van der Waals surface area contributed by atoms with E-state index in [0.29, 0.717) is 11.4 Å². The second kappa shape index (κ2) is 5.57. The Hall–Kier alpha value is -2.61. The van der Waals surface area contributed by atoms with Crippen LogP contribution in [-0.2, 0) is 0 Å².